The molecule has 0 amide bonds. The van der Waals surface area contributed by atoms with Crippen LogP contribution in [0.25, 0.3) is 22.4 Å². The third-order valence-corrected chi connectivity index (χ3v) is 4.94. The third kappa shape index (κ3) is 3.07. The number of benzene rings is 3. The highest BCUT2D eigenvalue weighted by Crippen LogP contribution is 2.36. The molecule has 7 nitrogen and oxygen atoms in total. The average Bonchev–Trinajstić information content (AvgIpc) is 3.38. The van der Waals surface area contributed by atoms with E-state index in [1.165, 1.54) is 12.1 Å². The molecule has 1 aliphatic rings. The number of imidazole rings is 1. The van der Waals surface area contributed by atoms with Crippen LogP contribution in [0.2, 0.25) is 0 Å². The van der Waals surface area contributed by atoms with E-state index >= 15 is 0 Å². The summed E-state index contributed by atoms with van der Waals surface area (Å²) in [5.41, 5.74) is 3.82. The quantitative estimate of drug-likeness (QED) is 0.492. The monoisotopic (exact) mass is 388 g/mol. The van der Waals surface area contributed by atoms with Crippen LogP contribution in [0.15, 0.2) is 60.7 Å². The fraction of sp³-hybridized carbons (Fsp3) is 0.0909. The molecule has 1 unspecified atom stereocenters. The first-order chi connectivity index (χ1) is 14.1. The molecule has 1 aromatic heterocycles. The van der Waals surface area contributed by atoms with Gasteiger partial charge in [-0.2, -0.15) is 0 Å². The normalized spacial score (nSPS) is 13.6. The molecule has 0 aliphatic carbocycles. The number of hydrogen-bond acceptors (Lipinski definition) is 5. The minimum Gasteiger partial charge on any atom is -0.478 e. The lowest BCUT2D eigenvalue weighted by Crippen LogP contribution is -1.99. The summed E-state index contributed by atoms with van der Waals surface area (Å²) in [5.74, 6) is 0.943. The van der Waals surface area contributed by atoms with E-state index in [1.807, 2.05) is 30.3 Å². The predicted molar refractivity (Wildman–Crippen MR) is 105 cm³/mol. The molecule has 5 rings (SSSR count). The van der Waals surface area contributed by atoms with E-state index in [-0.39, 0.29) is 12.4 Å². The van der Waals surface area contributed by atoms with Gasteiger partial charge < -0.3 is 24.7 Å². The molecular weight excluding hydrogens is 372 g/mol. The zero-order valence-electron chi connectivity index (χ0n) is 15.1. The van der Waals surface area contributed by atoms with Crippen molar-refractivity contribution in [2.75, 3.05) is 6.79 Å². The van der Waals surface area contributed by atoms with Crippen molar-refractivity contribution >= 4 is 17.0 Å². The van der Waals surface area contributed by atoms with Crippen molar-refractivity contribution in [3.8, 4) is 22.9 Å². The number of aliphatic hydroxyl groups excluding tert-OH is 1. The Bertz CT molecular complexity index is 1230. The van der Waals surface area contributed by atoms with Gasteiger partial charge in [0.1, 0.15) is 11.9 Å². The fourth-order valence-electron chi connectivity index (χ4n) is 3.37. The van der Waals surface area contributed by atoms with Crippen molar-refractivity contribution in [2.45, 2.75) is 6.10 Å². The molecule has 7 heteroatoms. The van der Waals surface area contributed by atoms with E-state index in [9.17, 15) is 9.90 Å². The number of aromatic nitrogens is 2. The summed E-state index contributed by atoms with van der Waals surface area (Å²) in [6.07, 6.45) is -0.799. The first-order valence-electron chi connectivity index (χ1n) is 8.99. The van der Waals surface area contributed by atoms with E-state index in [4.69, 9.17) is 14.6 Å². The van der Waals surface area contributed by atoms with Gasteiger partial charge in [-0.05, 0) is 41.5 Å². The summed E-state index contributed by atoms with van der Waals surface area (Å²) in [6, 6.07) is 17.5. The molecule has 29 heavy (non-hydrogen) atoms. The lowest BCUT2D eigenvalue weighted by molar-refractivity contribution is 0.0697. The van der Waals surface area contributed by atoms with Crippen molar-refractivity contribution in [2.24, 2.45) is 0 Å². The van der Waals surface area contributed by atoms with Crippen LogP contribution in [0, 0.1) is 0 Å². The minimum atomic E-state index is -0.988. The maximum atomic E-state index is 11.1. The van der Waals surface area contributed by atoms with E-state index in [0.29, 0.717) is 28.4 Å². The van der Waals surface area contributed by atoms with Gasteiger partial charge in [0.25, 0.3) is 0 Å². The van der Waals surface area contributed by atoms with Gasteiger partial charge in [-0.15, -0.1) is 0 Å². The summed E-state index contributed by atoms with van der Waals surface area (Å²) in [5, 5.41) is 19.8. The van der Waals surface area contributed by atoms with Crippen molar-refractivity contribution < 1.29 is 24.5 Å². The van der Waals surface area contributed by atoms with Crippen LogP contribution in [-0.4, -0.2) is 32.9 Å². The molecule has 0 radical (unpaired) electrons. The van der Waals surface area contributed by atoms with Crippen LogP contribution in [-0.2, 0) is 0 Å². The summed E-state index contributed by atoms with van der Waals surface area (Å²) < 4.78 is 10.7. The molecule has 1 atom stereocenters. The molecule has 4 aromatic rings. The number of aromatic carboxylic acids is 1. The molecule has 0 bridgehead atoms. The van der Waals surface area contributed by atoms with E-state index in [2.05, 4.69) is 9.97 Å². The number of carboxylic acid groups (broad SMARTS) is 1. The maximum Gasteiger partial charge on any atom is 0.335 e. The fourth-order valence-corrected chi connectivity index (χ4v) is 3.37. The van der Waals surface area contributed by atoms with Gasteiger partial charge in [0, 0.05) is 5.56 Å². The highest BCUT2D eigenvalue weighted by molar-refractivity contribution is 5.93. The van der Waals surface area contributed by atoms with Crippen LogP contribution in [0.1, 0.15) is 27.6 Å². The third-order valence-electron chi connectivity index (χ3n) is 4.94. The van der Waals surface area contributed by atoms with E-state index < -0.39 is 12.1 Å². The number of aromatic amines is 1. The summed E-state index contributed by atoms with van der Waals surface area (Å²) in [7, 11) is 0. The summed E-state index contributed by atoms with van der Waals surface area (Å²) in [6.45, 7) is 0.190. The Morgan fingerprint density at radius 1 is 0.966 bits per heavy atom. The first-order valence-corrected chi connectivity index (χ1v) is 8.99. The van der Waals surface area contributed by atoms with Crippen LogP contribution in [0.5, 0.6) is 11.5 Å². The topological polar surface area (TPSA) is 105 Å². The van der Waals surface area contributed by atoms with Gasteiger partial charge in [-0.3, -0.25) is 0 Å². The zero-order valence-corrected chi connectivity index (χ0v) is 15.1. The molecular formula is C22H16N2O5. The maximum absolute atomic E-state index is 11.1. The Morgan fingerprint density at radius 2 is 1.72 bits per heavy atom. The smallest absolute Gasteiger partial charge is 0.335 e. The van der Waals surface area contributed by atoms with Gasteiger partial charge in [0.15, 0.2) is 11.5 Å². The number of carboxylic acids is 1. The SMILES string of the molecule is O=C(O)c1ccc2[nH]c(-c3ccc(C(O)c4ccc5c(c4)OCO5)cc3)nc2c1. The van der Waals surface area contributed by atoms with Crippen molar-refractivity contribution in [3.05, 3.63) is 77.4 Å². The largest absolute Gasteiger partial charge is 0.478 e. The summed E-state index contributed by atoms with van der Waals surface area (Å²) in [4.78, 5) is 18.8. The van der Waals surface area contributed by atoms with Crippen molar-refractivity contribution in [1.82, 2.24) is 9.97 Å². The molecule has 0 saturated heterocycles. The molecule has 144 valence electrons. The number of aliphatic hydroxyl groups is 1. The second-order valence-electron chi connectivity index (χ2n) is 6.76. The first kappa shape index (κ1) is 17.3. The predicted octanol–water partition coefficient (Wildman–Crippen LogP) is 3.74. The number of fused-ring (bicyclic) bond motifs is 2. The van der Waals surface area contributed by atoms with Crippen LogP contribution < -0.4 is 9.47 Å². The Morgan fingerprint density at radius 3 is 2.52 bits per heavy atom. The molecule has 0 spiro atoms. The Kier molecular flexibility index (Phi) is 3.96. The number of nitrogens with one attached hydrogen (secondary N) is 1. The second kappa shape index (κ2) is 6.65. The highest BCUT2D eigenvalue weighted by atomic mass is 16.7. The Labute approximate surface area is 165 Å². The molecule has 0 fully saturated rings. The number of rotatable bonds is 4. The van der Waals surface area contributed by atoms with Gasteiger partial charge in [0.2, 0.25) is 6.79 Å². The minimum absolute atomic E-state index is 0.190. The number of carbonyl (C=O) groups is 1. The molecule has 1 aliphatic heterocycles. The van der Waals surface area contributed by atoms with Crippen LogP contribution in [0.4, 0.5) is 0 Å². The van der Waals surface area contributed by atoms with E-state index in [1.54, 1.807) is 18.2 Å². The van der Waals surface area contributed by atoms with Gasteiger partial charge >= 0.3 is 5.97 Å². The average molecular weight is 388 g/mol. The van der Waals surface area contributed by atoms with Gasteiger partial charge in [-0.1, -0.05) is 30.3 Å². The van der Waals surface area contributed by atoms with Crippen molar-refractivity contribution in [3.63, 3.8) is 0 Å². The number of ether oxygens (including phenoxy) is 2. The lowest BCUT2D eigenvalue weighted by Gasteiger charge is -2.12. The summed E-state index contributed by atoms with van der Waals surface area (Å²) >= 11 is 0. The number of nitrogens with zero attached hydrogens (tertiary/aromatic N) is 1. The zero-order chi connectivity index (χ0) is 20.0. The highest BCUT2D eigenvalue weighted by Gasteiger charge is 2.18. The van der Waals surface area contributed by atoms with Gasteiger partial charge in [0.05, 0.1) is 16.6 Å². The molecule has 3 N–H and O–H groups in total. The van der Waals surface area contributed by atoms with Gasteiger partial charge in [-0.25, -0.2) is 9.78 Å². The Hall–Kier alpha value is -3.84. The Balaban J connectivity index is 1.42. The molecule has 0 saturated carbocycles. The second-order valence-corrected chi connectivity index (χ2v) is 6.76. The number of hydrogen-bond donors (Lipinski definition) is 3. The van der Waals surface area contributed by atoms with Crippen LogP contribution in [0.3, 0.4) is 0 Å². The lowest BCUT2D eigenvalue weighted by atomic mass is 10.00. The number of H-pyrrole nitrogens is 1. The standard InChI is InChI=1S/C22H16N2O5/c25-20(14-6-8-18-19(10-14)29-11-28-18)12-1-3-13(4-2-12)21-23-16-7-5-15(22(26)27)9-17(16)24-21/h1-10,20,25H,11H2,(H,23,24)(H,26,27). The van der Waals surface area contributed by atoms with E-state index in [0.717, 1.165) is 16.6 Å². The van der Waals surface area contributed by atoms with Crippen molar-refractivity contribution in [1.29, 1.82) is 0 Å². The molecule has 2 heterocycles. The molecule has 3 aromatic carbocycles. The van der Waals surface area contributed by atoms with Crippen LogP contribution >= 0.6 is 0 Å².